The lowest BCUT2D eigenvalue weighted by atomic mass is 10.1. The van der Waals surface area contributed by atoms with E-state index in [0.717, 1.165) is 5.56 Å². The second-order valence-corrected chi connectivity index (χ2v) is 3.68. The number of halogens is 1. The number of rotatable bonds is 2. The first-order valence-electron chi connectivity index (χ1n) is 4.77. The molecule has 0 spiro atoms. The molecule has 1 aromatic heterocycles. The van der Waals surface area contributed by atoms with E-state index in [1.54, 1.807) is 37.2 Å². The summed E-state index contributed by atoms with van der Waals surface area (Å²) < 4.78 is 18.4. The number of anilines is 2. The van der Waals surface area contributed by atoms with E-state index in [1.165, 1.54) is 6.07 Å². The average molecular weight is 221 g/mol. The Hall–Kier alpha value is -2.04. The lowest BCUT2D eigenvalue weighted by Crippen LogP contribution is -2.10. The minimum absolute atomic E-state index is 0.277. The van der Waals surface area contributed by atoms with E-state index < -0.39 is 0 Å². The van der Waals surface area contributed by atoms with Crippen molar-refractivity contribution in [2.45, 2.75) is 0 Å². The van der Waals surface area contributed by atoms with E-state index >= 15 is 0 Å². The molecule has 2 N–H and O–H groups in total. The van der Waals surface area contributed by atoms with E-state index in [-0.39, 0.29) is 5.82 Å². The number of nitrogen functional groups attached to an aromatic ring is 1. The smallest absolute Gasteiger partial charge is 0.169 e. The van der Waals surface area contributed by atoms with Gasteiger partial charge in [-0.1, -0.05) is 5.16 Å². The molecule has 1 heterocycles. The molecule has 1 aromatic carbocycles. The molecule has 4 nitrogen and oxygen atoms in total. The molecule has 0 amide bonds. The number of hydrogen-bond donors (Lipinski definition) is 1. The summed E-state index contributed by atoms with van der Waals surface area (Å²) in [7, 11) is 3.55. The molecule has 2 aromatic rings. The molecular formula is C11H12FN3O. The van der Waals surface area contributed by atoms with Crippen LogP contribution in [0.5, 0.6) is 0 Å². The van der Waals surface area contributed by atoms with Crippen LogP contribution in [0.2, 0.25) is 0 Å². The van der Waals surface area contributed by atoms with Gasteiger partial charge in [0.15, 0.2) is 11.6 Å². The predicted octanol–water partition coefficient (Wildman–Crippen LogP) is 2.13. The molecule has 5 heteroatoms. The second kappa shape index (κ2) is 3.84. The number of aromatic nitrogens is 1. The monoisotopic (exact) mass is 221 g/mol. The molecule has 0 saturated carbocycles. The van der Waals surface area contributed by atoms with E-state index in [9.17, 15) is 4.39 Å². The minimum atomic E-state index is -0.277. The lowest BCUT2D eigenvalue weighted by molar-refractivity contribution is 0.436. The molecule has 0 aliphatic carbocycles. The molecule has 0 fully saturated rings. The molecule has 0 saturated heterocycles. The van der Waals surface area contributed by atoms with Gasteiger partial charge in [0.1, 0.15) is 5.82 Å². The van der Waals surface area contributed by atoms with Gasteiger partial charge in [-0.3, -0.25) is 0 Å². The molecule has 0 radical (unpaired) electrons. The van der Waals surface area contributed by atoms with E-state index in [4.69, 9.17) is 10.3 Å². The summed E-state index contributed by atoms with van der Waals surface area (Å²) in [4.78, 5) is 1.69. The number of benzene rings is 1. The first-order valence-corrected chi connectivity index (χ1v) is 4.77. The highest BCUT2D eigenvalue weighted by Gasteiger charge is 2.09. The van der Waals surface area contributed by atoms with Crippen LogP contribution >= 0.6 is 0 Å². The molecule has 0 aliphatic rings. The van der Waals surface area contributed by atoms with Gasteiger partial charge in [0.2, 0.25) is 0 Å². The molecule has 84 valence electrons. The Morgan fingerprint density at radius 3 is 2.62 bits per heavy atom. The van der Waals surface area contributed by atoms with Crippen molar-refractivity contribution in [1.82, 2.24) is 5.16 Å². The zero-order chi connectivity index (χ0) is 11.7. The van der Waals surface area contributed by atoms with Crippen LogP contribution in [-0.4, -0.2) is 19.3 Å². The zero-order valence-corrected chi connectivity index (χ0v) is 9.07. The molecule has 0 bridgehead atoms. The van der Waals surface area contributed by atoms with Gasteiger partial charge in [-0.15, -0.1) is 0 Å². The molecule has 2 rings (SSSR count). The molecule has 16 heavy (non-hydrogen) atoms. The van der Waals surface area contributed by atoms with Crippen molar-refractivity contribution in [2.24, 2.45) is 0 Å². The first-order chi connectivity index (χ1) is 7.58. The number of nitrogens with two attached hydrogens (primary N) is 1. The van der Waals surface area contributed by atoms with Gasteiger partial charge in [0.05, 0.1) is 5.69 Å². The highest BCUT2D eigenvalue weighted by atomic mass is 19.1. The quantitative estimate of drug-likeness (QED) is 0.844. The third-order valence-electron chi connectivity index (χ3n) is 2.24. The Labute approximate surface area is 92.4 Å². The van der Waals surface area contributed by atoms with E-state index in [0.29, 0.717) is 17.3 Å². The average Bonchev–Trinajstić information content (AvgIpc) is 2.65. The Morgan fingerprint density at radius 2 is 2.06 bits per heavy atom. The fourth-order valence-corrected chi connectivity index (χ4v) is 1.43. The third-order valence-corrected chi connectivity index (χ3v) is 2.24. The highest BCUT2D eigenvalue weighted by Crippen LogP contribution is 2.27. The normalized spacial score (nSPS) is 10.4. The zero-order valence-electron chi connectivity index (χ0n) is 9.07. The number of nitrogens with zero attached hydrogens (tertiary/aromatic N) is 2. The summed E-state index contributed by atoms with van der Waals surface area (Å²) in [5, 5.41) is 3.59. The summed E-state index contributed by atoms with van der Waals surface area (Å²) in [6, 6.07) is 6.31. The predicted molar refractivity (Wildman–Crippen MR) is 60.6 cm³/mol. The molecular weight excluding hydrogens is 209 g/mol. The summed E-state index contributed by atoms with van der Waals surface area (Å²) in [5.41, 5.74) is 6.69. The van der Waals surface area contributed by atoms with Crippen LogP contribution < -0.4 is 10.6 Å². The first kappa shape index (κ1) is 10.5. The summed E-state index contributed by atoms with van der Waals surface area (Å²) in [5.74, 6) is 0.563. The minimum Gasteiger partial charge on any atom is -0.381 e. The molecule has 0 aliphatic heterocycles. The van der Waals surface area contributed by atoms with Crippen molar-refractivity contribution >= 4 is 11.5 Å². The lowest BCUT2D eigenvalue weighted by Gasteiger charge is -2.13. The Balaban J connectivity index is 2.47. The van der Waals surface area contributed by atoms with Gasteiger partial charge in [0.25, 0.3) is 0 Å². The largest absolute Gasteiger partial charge is 0.381 e. The van der Waals surface area contributed by atoms with Crippen LogP contribution in [0, 0.1) is 5.82 Å². The number of hydrogen-bond acceptors (Lipinski definition) is 4. The van der Waals surface area contributed by atoms with Crippen LogP contribution in [0.25, 0.3) is 11.3 Å². The Bertz CT molecular complexity index is 508. The van der Waals surface area contributed by atoms with E-state index in [2.05, 4.69) is 5.16 Å². The van der Waals surface area contributed by atoms with Crippen LogP contribution in [0.15, 0.2) is 28.8 Å². The SMILES string of the molecule is CN(C)c1cc(-c2cc(N)no2)ccc1F. The Morgan fingerprint density at radius 1 is 1.31 bits per heavy atom. The van der Waals surface area contributed by atoms with Crippen molar-refractivity contribution in [3.63, 3.8) is 0 Å². The Kier molecular flexibility index (Phi) is 2.52. The van der Waals surface area contributed by atoms with Crippen molar-refractivity contribution in [3.8, 4) is 11.3 Å². The van der Waals surface area contributed by atoms with Crippen LogP contribution in [-0.2, 0) is 0 Å². The summed E-state index contributed by atoms with van der Waals surface area (Å²) in [6.45, 7) is 0. The van der Waals surface area contributed by atoms with Gasteiger partial charge in [-0.2, -0.15) is 0 Å². The highest BCUT2D eigenvalue weighted by molar-refractivity contribution is 5.66. The van der Waals surface area contributed by atoms with Gasteiger partial charge in [0, 0.05) is 25.7 Å². The van der Waals surface area contributed by atoms with Crippen molar-refractivity contribution in [3.05, 3.63) is 30.1 Å². The maximum absolute atomic E-state index is 13.4. The van der Waals surface area contributed by atoms with Gasteiger partial charge in [-0.25, -0.2) is 4.39 Å². The van der Waals surface area contributed by atoms with Gasteiger partial charge < -0.3 is 15.2 Å². The van der Waals surface area contributed by atoms with Crippen LogP contribution in [0.3, 0.4) is 0 Å². The van der Waals surface area contributed by atoms with E-state index in [1.807, 2.05) is 0 Å². The summed E-state index contributed by atoms with van der Waals surface area (Å²) in [6.07, 6.45) is 0. The molecule has 0 unspecified atom stereocenters. The van der Waals surface area contributed by atoms with Crippen LogP contribution in [0.4, 0.5) is 15.9 Å². The van der Waals surface area contributed by atoms with Crippen molar-refractivity contribution < 1.29 is 8.91 Å². The van der Waals surface area contributed by atoms with Gasteiger partial charge in [-0.05, 0) is 18.2 Å². The fourth-order valence-electron chi connectivity index (χ4n) is 1.43. The molecule has 0 atom stereocenters. The van der Waals surface area contributed by atoms with Gasteiger partial charge >= 0.3 is 0 Å². The van der Waals surface area contributed by atoms with Crippen molar-refractivity contribution in [2.75, 3.05) is 24.7 Å². The third kappa shape index (κ3) is 1.84. The van der Waals surface area contributed by atoms with Crippen LogP contribution in [0.1, 0.15) is 0 Å². The maximum Gasteiger partial charge on any atom is 0.169 e. The standard InChI is InChI=1S/C11H12FN3O/c1-15(2)9-5-7(3-4-8(9)12)10-6-11(13)14-16-10/h3-6H,1-2H3,(H2,13,14). The maximum atomic E-state index is 13.4. The van der Waals surface area contributed by atoms with Crippen molar-refractivity contribution in [1.29, 1.82) is 0 Å². The fraction of sp³-hybridized carbons (Fsp3) is 0.182. The topological polar surface area (TPSA) is 55.3 Å². The summed E-state index contributed by atoms with van der Waals surface area (Å²) >= 11 is 0. The second-order valence-electron chi connectivity index (χ2n) is 3.68.